The van der Waals surface area contributed by atoms with Crippen LogP contribution in [0.25, 0.3) is 0 Å². The van der Waals surface area contributed by atoms with Gasteiger partial charge in [-0.25, -0.2) is 0 Å². The fourth-order valence-corrected chi connectivity index (χ4v) is 1.16. The molecule has 0 aliphatic carbocycles. The third-order valence-corrected chi connectivity index (χ3v) is 1.74. The van der Waals surface area contributed by atoms with Crippen molar-refractivity contribution in [1.82, 2.24) is 0 Å². The van der Waals surface area contributed by atoms with Crippen molar-refractivity contribution < 1.29 is 10.5 Å². The highest BCUT2D eigenvalue weighted by Gasteiger charge is 1.99. The van der Waals surface area contributed by atoms with Crippen molar-refractivity contribution in [1.29, 1.82) is 0 Å². The SMILES string of the molecule is COc1ccc(C[C@@H](C)[NH3+])cc1. The van der Waals surface area contributed by atoms with E-state index in [0.717, 1.165) is 12.2 Å². The minimum atomic E-state index is 0.471. The van der Waals surface area contributed by atoms with Crippen LogP contribution in [0.2, 0.25) is 0 Å². The first-order valence-corrected chi connectivity index (χ1v) is 4.18. The molecule has 0 amide bonds. The molecule has 2 heteroatoms. The minimum Gasteiger partial charge on any atom is -0.497 e. The van der Waals surface area contributed by atoms with Crippen LogP contribution in [0.3, 0.4) is 0 Å². The first-order valence-electron chi connectivity index (χ1n) is 4.18. The number of hydrogen-bond donors (Lipinski definition) is 1. The molecule has 0 saturated heterocycles. The van der Waals surface area contributed by atoms with Crippen LogP contribution in [0.15, 0.2) is 24.3 Å². The molecular weight excluding hydrogens is 150 g/mol. The van der Waals surface area contributed by atoms with Gasteiger partial charge in [0.05, 0.1) is 13.2 Å². The number of quaternary nitrogens is 1. The molecule has 0 spiro atoms. The van der Waals surface area contributed by atoms with Gasteiger partial charge >= 0.3 is 0 Å². The van der Waals surface area contributed by atoms with Crippen LogP contribution in [0.4, 0.5) is 0 Å². The molecule has 0 saturated carbocycles. The van der Waals surface area contributed by atoms with Gasteiger partial charge in [0.25, 0.3) is 0 Å². The van der Waals surface area contributed by atoms with Gasteiger partial charge in [-0.1, -0.05) is 12.1 Å². The van der Waals surface area contributed by atoms with E-state index in [1.54, 1.807) is 7.11 Å². The molecule has 0 radical (unpaired) electrons. The molecule has 66 valence electrons. The van der Waals surface area contributed by atoms with Crippen molar-refractivity contribution in [2.45, 2.75) is 19.4 Å². The molecule has 12 heavy (non-hydrogen) atoms. The summed E-state index contributed by atoms with van der Waals surface area (Å²) < 4.78 is 5.06. The summed E-state index contributed by atoms with van der Waals surface area (Å²) in [6.45, 7) is 2.12. The highest BCUT2D eigenvalue weighted by Crippen LogP contribution is 2.11. The summed E-state index contributed by atoms with van der Waals surface area (Å²) in [6.07, 6.45) is 1.03. The van der Waals surface area contributed by atoms with E-state index in [1.807, 2.05) is 12.1 Å². The van der Waals surface area contributed by atoms with E-state index in [-0.39, 0.29) is 0 Å². The maximum atomic E-state index is 5.06. The Balaban J connectivity index is 2.65. The lowest BCUT2D eigenvalue weighted by Gasteiger charge is -2.03. The number of ether oxygens (including phenoxy) is 1. The molecule has 1 rings (SSSR count). The topological polar surface area (TPSA) is 36.9 Å². The largest absolute Gasteiger partial charge is 0.497 e. The van der Waals surface area contributed by atoms with Crippen LogP contribution in [0.5, 0.6) is 5.75 Å². The Bertz CT molecular complexity index is 228. The second-order valence-corrected chi connectivity index (χ2v) is 3.16. The molecule has 0 unspecified atom stereocenters. The Hall–Kier alpha value is -1.02. The highest BCUT2D eigenvalue weighted by molar-refractivity contribution is 5.27. The predicted molar refractivity (Wildman–Crippen MR) is 49.0 cm³/mol. The zero-order valence-electron chi connectivity index (χ0n) is 7.71. The monoisotopic (exact) mass is 166 g/mol. The van der Waals surface area contributed by atoms with Crippen molar-refractivity contribution in [3.05, 3.63) is 29.8 Å². The summed E-state index contributed by atoms with van der Waals surface area (Å²) in [5.41, 5.74) is 5.26. The van der Waals surface area contributed by atoms with E-state index in [9.17, 15) is 0 Å². The summed E-state index contributed by atoms with van der Waals surface area (Å²) in [5, 5.41) is 0. The lowest BCUT2D eigenvalue weighted by Crippen LogP contribution is -2.60. The van der Waals surface area contributed by atoms with Crippen molar-refractivity contribution in [2.24, 2.45) is 0 Å². The summed E-state index contributed by atoms with van der Waals surface area (Å²) >= 11 is 0. The van der Waals surface area contributed by atoms with Gasteiger partial charge in [0.15, 0.2) is 0 Å². The number of methoxy groups -OCH3 is 1. The van der Waals surface area contributed by atoms with Gasteiger partial charge < -0.3 is 10.5 Å². The van der Waals surface area contributed by atoms with E-state index in [4.69, 9.17) is 4.74 Å². The maximum absolute atomic E-state index is 5.06. The molecule has 1 aromatic rings. The molecule has 2 nitrogen and oxygen atoms in total. The maximum Gasteiger partial charge on any atom is 0.118 e. The number of benzene rings is 1. The van der Waals surface area contributed by atoms with E-state index < -0.39 is 0 Å². The second kappa shape index (κ2) is 4.12. The van der Waals surface area contributed by atoms with Crippen LogP contribution in [-0.2, 0) is 6.42 Å². The first-order chi connectivity index (χ1) is 5.72. The molecule has 0 aliphatic heterocycles. The molecule has 0 heterocycles. The fourth-order valence-electron chi connectivity index (χ4n) is 1.16. The average Bonchev–Trinajstić information content (AvgIpc) is 2.05. The smallest absolute Gasteiger partial charge is 0.118 e. The van der Waals surface area contributed by atoms with Crippen LogP contribution in [0.1, 0.15) is 12.5 Å². The Kier molecular flexibility index (Phi) is 3.11. The molecule has 0 aromatic heterocycles. The Morgan fingerprint density at radius 3 is 2.33 bits per heavy atom. The first kappa shape index (κ1) is 9.07. The highest BCUT2D eigenvalue weighted by atomic mass is 16.5. The van der Waals surface area contributed by atoms with Gasteiger partial charge in [0.2, 0.25) is 0 Å². The summed E-state index contributed by atoms with van der Waals surface area (Å²) in [7, 11) is 1.68. The van der Waals surface area contributed by atoms with Crippen molar-refractivity contribution >= 4 is 0 Å². The normalized spacial score (nSPS) is 12.6. The van der Waals surface area contributed by atoms with E-state index in [0.29, 0.717) is 6.04 Å². The van der Waals surface area contributed by atoms with Gasteiger partial charge in [-0.2, -0.15) is 0 Å². The summed E-state index contributed by atoms with van der Waals surface area (Å²) in [5.74, 6) is 0.912. The third-order valence-electron chi connectivity index (χ3n) is 1.74. The van der Waals surface area contributed by atoms with Crippen LogP contribution >= 0.6 is 0 Å². The fraction of sp³-hybridized carbons (Fsp3) is 0.400. The standard InChI is InChI=1S/C10H15NO/c1-8(11)7-9-3-5-10(12-2)6-4-9/h3-6,8H,7,11H2,1-2H3/p+1/t8-/m1/s1. The molecular formula is C10H16NO+. The van der Waals surface area contributed by atoms with Crippen molar-refractivity contribution in [2.75, 3.05) is 7.11 Å². The Labute approximate surface area is 73.3 Å². The van der Waals surface area contributed by atoms with Crippen molar-refractivity contribution in [3.63, 3.8) is 0 Å². The summed E-state index contributed by atoms with van der Waals surface area (Å²) in [4.78, 5) is 0. The number of hydrogen-bond acceptors (Lipinski definition) is 1. The minimum absolute atomic E-state index is 0.471. The molecule has 1 aromatic carbocycles. The van der Waals surface area contributed by atoms with Gasteiger partial charge in [0, 0.05) is 6.42 Å². The average molecular weight is 166 g/mol. The molecule has 0 aliphatic rings. The quantitative estimate of drug-likeness (QED) is 0.710. The number of rotatable bonds is 3. The van der Waals surface area contributed by atoms with Gasteiger partial charge in [-0.05, 0) is 24.6 Å². The third kappa shape index (κ3) is 2.55. The lowest BCUT2D eigenvalue weighted by molar-refractivity contribution is -0.413. The zero-order chi connectivity index (χ0) is 8.97. The van der Waals surface area contributed by atoms with Crippen LogP contribution < -0.4 is 10.5 Å². The van der Waals surface area contributed by atoms with Crippen LogP contribution in [-0.4, -0.2) is 13.2 Å². The molecule has 3 N–H and O–H groups in total. The molecule has 1 atom stereocenters. The van der Waals surface area contributed by atoms with Gasteiger partial charge in [-0.3, -0.25) is 0 Å². The predicted octanol–water partition coefficient (Wildman–Crippen LogP) is 0.868. The zero-order valence-corrected chi connectivity index (χ0v) is 7.71. The second-order valence-electron chi connectivity index (χ2n) is 3.16. The molecule has 0 fully saturated rings. The Morgan fingerprint density at radius 1 is 1.33 bits per heavy atom. The molecule has 0 bridgehead atoms. The van der Waals surface area contributed by atoms with Gasteiger partial charge in [-0.15, -0.1) is 0 Å². The van der Waals surface area contributed by atoms with E-state index >= 15 is 0 Å². The van der Waals surface area contributed by atoms with Crippen LogP contribution in [0, 0.1) is 0 Å². The van der Waals surface area contributed by atoms with Crippen molar-refractivity contribution in [3.8, 4) is 5.75 Å². The van der Waals surface area contributed by atoms with Gasteiger partial charge in [0.1, 0.15) is 5.75 Å². The summed E-state index contributed by atoms with van der Waals surface area (Å²) in [6, 6.07) is 8.61. The lowest BCUT2D eigenvalue weighted by atomic mass is 10.1. The van der Waals surface area contributed by atoms with E-state index in [2.05, 4.69) is 24.8 Å². The van der Waals surface area contributed by atoms with E-state index in [1.165, 1.54) is 5.56 Å². The Morgan fingerprint density at radius 2 is 1.92 bits per heavy atom.